The summed E-state index contributed by atoms with van der Waals surface area (Å²) in [5.74, 6) is 1.57. The van der Waals surface area contributed by atoms with Gasteiger partial charge in [-0.05, 0) is 23.3 Å². The Bertz CT molecular complexity index is 527. The number of nitrogens with one attached hydrogen (secondary N) is 1. The molecular weight excluding hydrogens is 238 g/mol. The summed E-state index contributed by atoms with van der Waals surface area (Å²) < 4.78 is 27.6. The van der Waals surface area contributed by atoms with Gasteiger partial charge in [0, 0.05) is 19.0 Å². The van der Waals surface area contributed by atoms with Crippen LogP contribution in [0.4, 0.5) is 0 Å². The van der Waals surface area contributed by atoms with Gasteiger partial charge in [-0.15, -0.1) is 0 Å². The van der Waals surface area contributed by atoms with Crippen molar-refractivity contribution in [1.82, 2.24) is 5.32 Å². The molecule has 1 N–H and O–H groups in total. The topological polar surface area (TPSA) is 55.4 Å². The fraction of sp³-hybridized carbons (Fsp3) is 0.500. The predicted molar refractivity (Wildman–Crippen MR) is 64.6 cm³/mol. The van der Waals surface area contributed by atoms with E-state index in [1.54, 1.807) is 0 Å². The van der Waals surface area contributed by atoms with E-state index >= 15 is 0 Å². The maximum atomic E-state index is 11.0. The molecule has 0 aliphatic carbocycles. The Kier molecular flexibility index (Phi) is 2.60. The number of rotatable bonds is 3. The molecule has 2 aliphatic rings. The van der Waals surface area contributed by atoms with E-state index in [-0.39, 0.29) is 17.4 Å². The zero-order valence-corrected chi connectivity index (χ0v) is 10.3. The Balaban J connectivity index is 1.59. The lowest BCUT2D eigenvalue weighted by Gasteiger charge is -2.25. The molecule has 0 unspecified atom stereocenters. The Hall–Kier alpha value is -1.07. The van der Waals surface area contributed by atoms with Gasteiger partial charge in [0.2, 0.25) is 0 Å². The van der Waals surface area contributed by atoms with Crippen molar-refractivity contribution in [3.05, 3.63) is 29.3 Å². The second-order valence-electron chi connectivity index (χ2n) is 4.79. The standard InChI is InChI=1S/C12H15NO3S/c14-17(15)7-9(8-17)6-16-12-2-1-10-4-13-5-11(10)3-12/h1-3,9,13H,4-8H2. The highest BCUT2D eigenvalue weighted by Gasteiger charge is 2.33. The first kappa shape index (κ1) is 11.0. The van der Waals surface area contributed by atoms with Crippen LogP contribution in [0, 0.1) is 5.92 Å². The molecular formula is C12H15NO3S. The maximum Gasteiger partial charge on any atom is 0.151 e. The molecule has 1 aromatic rings. The van der Waals surface area contributed by atoms with Gasteiger partial charge in [0.25, 0.3) is 0 Å². The van der Waals surface area contributed by atoms with Gasteiger partial charge in [-0.1, -0.05) is 6.07 Å². The third-order valence-corrected chi connectivity index (χ3v) is 5.23. The van der Waals surface area contributed by atoms with E-state index in [0.717, 1.165) is 18.8 Å². The monoisotopic (exact) mass is 253 g/mol. The van der Waals surface area contributed by atoms with Crippen LogP contribution in [0.15, 0.2) is 18.2 Å². The van der Waals surface area contributed by atoms with Crippen molar-refractivity contribution in [2.24, 2.45) is 5.92 Å². The highest BCUT2D eigenvalue weighted by molar-refractivity contribution is 7.92. The molecule has 1 aromatic carbocycles. The van der Waals surface area contributed by atoms with Gasteiger partial charge in [0.1, 0.15) is 5.75 Å². The first-order chi connectivity index (χ1) is 8.12. The minimum atomic E-state index is -2.73. The molecule has 17 heavy (non-hydrogen) atoms. The number of ether oxygens (including phenoxy) is 1. The van der Waals surface area contributed by atoms with Crippen LogP contribution in [0.25, 0.3) is 0 Å². The number of sulfone groups is 1. The van der Waals surface area contributed by atoms with Crippen LogP contribution in [0.5, 0.6) is 5.75 Å². The van der Waals surface area contributed by atoms with Crippen LogP contribution in [0.2, 0.25) is 0 Å². The van der Waals surface area contributed by atoms with E-state index in [1.165, 1.54) is 11.1 Å². The van der Waals surface area contributed by atoms with Gasteiger partial charge in [0.15, 0.2) is 9.84 Å². The van der Waals surface area contributed by atoms with Crippen molar-refractivity contribution in [1.29, 1.82) is 0 Å². The number of hydrogen-bond donors (Lipinski definition) is 1. The Morgan fingerprint density at radius 2 is 2.00 bits per heavy atom. The molecule has 1 saturated heterocycles. The lowest BCUT2D eigenvalue weighted by Crippen LogP contribution is -2.39. The number of fused-ring (bicyclic) bond motifs is 1. The summed E-state index contributed by atoms with van der Waals surface area (Å²) in [6, 6.07) is 6.07. The van der Waals surface area contributed by atoms with Crippen molar-refractivity contribution in [3.8, 4) is 5.75 Å². The van der Waals surface area contributed by atoms with Crippen molar-refractivity contribution >= 4 is 9.84 Å². The van der Waals surface area contributed by atoms with E-state index < -0.39 is 9.84 Å². The highest BCUT2D eigenvalue weighted by atomic mass is 32.2. The van der Waals surface area contributed by atoms with Crippen molar-refractivity contribution in [2.45, 2.75) is 13.1 Å². The third kappa shape index (κ3) is 2.30. The first-order valence-electron chi connectivity index (χ1n) is 5.78. The zero-order chi connectivity index (χ0) is 11.9. The summed E-state index contributed by atoms with van der Waals surface area (Å²) >= 11 is 0. The lowest BCUT2D eigenvalue weighted by molar-refractivity contribution is 0.263. The summed E-state index contributed by atoms with van der Waals surface area (Å²) in [4.78, 5) is 0. The van der Waals surface area contributed by atoms with Crippen LogP contribution >= 0.6 is 0 Å². The molecule has 0 amide bonds. The van der Waals surface area contributed by atoms with Gasteiger partial charge < -0.3 is 10.1 Å². The maximum absolute atomic E-state index is 11.0. The van der Waals surface area contributed by atoms with E-state index in [1.807, 2.05) is 12.1 Å². The fourth-order valence-electron chi connectivity index (χ4n) is 2.34. The molecule has 0 bridgehead atoms. The summed E-state index contributed by atoms with van der Waals surface area (Å²) in [5.41, 5.74) is 2.60. The Morgan fingerprint density at radius 3 is 2.76 bits per heavy atom. The summed E-state index contributed by atoms with van der Waals surface area (Å²) in [6.07, 6.45) is 0. The third-order valence-electron chi connectivity index (χ3n) is 3.27. The number of hydrogen-bond acceptors (Lipinski definition) is 4. The van der Waals surface area contributed by atoms with Gasteiger partial charge in [-0.2, -0.15) is 0 Å². The van der Waals surface area contributed by atoms with Crippen molar-refractivity contribution in [2.75, 3.05) is 18.1 Å². The second-order valence-corrected chi connectivity index (χ2v) is 6.94. The van der Waals surface area contributed by atoms with Crippen molar-refractivity contribution in [3.63, 3.8) is 0 Å². The van der Waals surface area contributed by atoms with Gasteiger partial charge in [-0.25, -0.2) is 8.42 Å². The first-order valence-corrected chi connectivity index (χ1v) is 7.60. The summed E-state index contributed by atoms with van der Waals surface area (Å²) in [6.45, 7) is 2.33. The average molecular weight is 253 g/mol. The van der Waals surface area contributed by atoms with Crippen LogP contribution in [0.1, 0.15) is 11.1 Å². The molecule has 0 saturated carbocycles. The SMILES string of the molecule is O=S1(=O)CC(COc2ccc3c(c2)CNC3)C1. The summed E-state index contributed by atoms with van der Waals surface area (Å²) in [7, 11) is -2.73. The van der Waals surface area contributed by atoms with Crippen LogP contribution in [0.3, 0.4) is 0 Å². The second kappa shape index (κ2) is 3.99. The molecule has 2 heterocycles. The Labute approximate surface area is 101 Å². The zero-order valence-electron chi connectivity index (χ0n) is 9.48. The molecule has 92 valence electrons. The molecule has 0 aromatic heterocycles. The normalized spacial score (nSPS) is 21.9. The van der Waals surface area contributed by atoms with E-state index in [9.17, 15) is 8.42 Å². The van der Waals surface area contributed by atoms with Crippen molar-refractivity contribution < 1.29 is 13.2 Å². The molecule has 5 heteroatoms. The Morgan fingerprint density at radius 1 is 1.24 bits per heavy atom. The van der Waals surface area contributed by atoms with Gasteiger partial charge in [0.05, 0.1) is 18.1 Å². The summed E-state index contributed by atoms with van der Waals surface area (Å²) in [5, 5.41) is 3.28. The molecule has 4 nitrogen and oxygen atoms in total. The minimum Gasteiger partial charge on any atom is -0.493 e. The van der Waals surface area contributed by atoms with Crippen LogP contribution < -0.4 is 10.1 Å². The predicted octanol–water partition coefficient (Wildman–Crippen LogP) is 0.713. The van der Waals surface area contributed by atoms with Gasteiger partial charge in [-0.3, -0.25) is 0 Å². The van der Waals surface area contributed by atoms with Crippen LogP contribution in [-0.4, -0.2) is 26.5 Å². The molecule has 0 spiro atoms. The quantitative estimate of drug-likeness (QED) is 0.862. The largest absolute Gasteiger partial charge is 0.493 e. The van der Waals surface area contributed by atoms with Crippen LogP contribution in [-0.2, 0) is 22.9 Å². The van der Waals surface area contributed by atoms with E-state index in [4.69, 9.17) is 4.74 Å². The average Bonchev–Trinajstić information content (AvgIpc) is 2.70. The fourth-order valence-corrected chi connectivity index (χ4v) is 3.87. The van der Waals surface area contributed by atoms with E-state index in [0.29, 0.717) is 6.61 Å². The van der Waals surface area contributed by atoms with Gasteiger partial charge >= 0.3 is 0 Å². The molecule has 0 atom stereocenters. The minimum absolute atomic E-state index is 0.173. The lowest BCUT2D eigenvalue weighted by atomic mass is 10.1. The molecule has 0 radical (unpaired) electrons. The molecule has 2 aliphatic heterocycles. The molecule has 1 fully saturated rings. The van der Waals surface area contributed by atoms with E-state index in [2.05, 4.69) is 11.4 Å². The number of benzene rings is 1. The highest BCUT2D eigenvalue weighted by Crippen LogP contribution is 2.24. The molecule has 3 rings (SSSR count). The smallest absolute Gasteiger partial charge is 0.151 e.